The first-order chi connectivity index (χ1) is 8.74. The molecule has 1 aromatic heterocycles. The van der Waals surface area contributed by atoms with Crippen molar-refractivity contribution < 1.29 is 0 Å². The van der Waals surface area contributed by atoms with Crippen molar-refractivity contribution in [3.8, 4) is 0 Å². The number of hydrogen-bond donors (Lipinski definition) is 1. The normalized spacial score (nSPS) is 41.5. The van der Waals surface area contributed by atoms with Gasteiger partial charge in [0.25, 0.3) is 0 Å². The standard InChI is InChI=1S/C14H22N4/c1-2-12-16-14(15)18(17-12)13-10-4-8-3-9(6-10)7-11(13)5-8/h8-11,13H,2-7H2,1H3,(H2,15,16,17). The van der Waals surface area contributed by atoms with Crippen LogP contribution in [0.15, 0.2) is 0 Å². The Kier molecular flexibility index (Phi) is 2.24. The Bertz CT molecular complexity index is 436. The summed E-state index contributed by atoms with van der Waals surface area (Å²) in [7, 11) is 0. The van der Waals surface area contributed by atoms with Gasteiger partial charge < -0.3 is 5.73 Å². The van der Waals surface area contributed by atoms with E-state index in [0.717, 1.165) is 35.9 Å². The van der Waals surface area contributed by atoms with Crippen LogP contribution >= 0.6 is 0 Å². The Morgan fingerprint density at radius 1 is 1.11 bits per heavy atom. The molecule has 4 nitrogen and oxygen atoms in total. The fraction of sp³-hybridized carbons (Fsp3) is 0.857. The van der Waals surface area contributed by atoms with Crippen molar-refractivity contribution in [1.29, 1.82) is 0 Å². The van der Waals surface area contributed by atoms with E-state index < -0.39 is 0 Å². The van der Waals surface area contributed by atoms with E-state index in [2.05, 4.69) is 21.7 Å². The molecule has 4 fully saturated rings. The number of aryl methyl sites for hydroxylation is 1. The Labute approximate surface area is 108 Å². The topological polar surface area (TPSA) is 56.7 Å². The van der Waals surface area contributed by atoms with Gasteiger partial charge in [-0.15, -0.1) is 0 Å². The monoisotopic (exact) mass is 246 g/mol. The lowest BCUT2D eigenvalue weighted by atomic mass is 9.54. The zero-order valence-electron chi connectivity index (χ0n) is 11.0. The van der Waals surface area contributed by atoms with Crippen LogP contribution in [-0.2, 0) is 6.42 Å². The summed E-state index contributed by atoms with van der Waals surface area (Å²) in [4.78, 5) is 4.39. The highest BCUT2D eigenvalue weighted by Gasteiger charge is 2.49. The molecule has 0 amide bonds. The first-order valence-electron chi connectivity index (χ1n) is 7.45. The zero-order valence-corrected chi connectivity index (χ0v) is 11.0. The van der Waals surface area contributed by atoms with Gasteiger partial charge in [-0.25, -0.2) is 4.68 Å². The lowest BCUT2D eigenvalue weighted by Crippen LogP contribution is -2.46. The molecule has 4 bridgehead atoms. The van der Waals surface area contributed by atoms with Gasteiger partial charge in [-0.1, -0.05) is 6.92 Å². The second-order valence-electron chi connectivity index (χ2n) is 6.61. The molecule has 18 heavy (non-hydrogen) atoms. The third kappa shape index (κ3) is 1.44. The van der Waals surface area contributed by atoms with Crippen LogP contribution in [0.4, 0.5) is 5.95 Å². The highest BCUT2D eigenvalue weighted by molar-refractivity contribution is 5.19. The number of anilines is 1. The molecule has 4 heteroatoms. The summed E-state index contributed by atoms with van der Waals surface area (Å²) >= 11 is 0. The minimum atomic E-state index is 0.547. The molecule has 98 valence electrons. The number of nitrogens with zero attached hydrogens (tertiary/aromatic N) is 3. The SMILES string of the molecule is CCc1nc(N)n(C2C3CC4CC(C3)CC2C4)n1. The Morgan fingerprint density at radius 2 is 1.72 bits per heavy atom. The summed E-state index contributed by atoms with van der Waals surface area (Å²) < 4.78 is 2.08. The summed E-state index contributed by atoms with van der Waals surface area (Å²) in [5, 5.41) is 4.65. The van der Waals surface area contributed by atoms with Crippen LogP contribution in [-0.4, -0.2) is 14.8 Å². The fourth-order valence-electron chi connectivity index (χ4n) is 5.05. The first kappa shape index (κ1) is 10.8. The van der Waals surface area contributed by atoms with Crippen LogP contribution in [0.1, 0.15) is 50.9 Å². The van der Waals surface area contributed by atoms with Gasteiger partial charge in [-0.2, -0.15) is 10.1 Å². The van der Waals surface area contributed by atoms with E-state index in [0.29, 0.717) is 12.0 Å². The molecule has 4 aliphatic rings. The molecule has 2 N–H and O–H groups in total. The molecule has 0 spiro atoms. The van der Waals surface area contributed by atoms with E-state index in [-0.39, 0.29) is 0 Å². The lowest BCUT2D eigenvalue weighted by molar-refractivity contribution is -0.0329. The van der Waals surface area contributed by atoms with E-state index in [1.54, 1.807) is 0 Å². The number of rotatable bonds is 2. The van der Waals surface area contributed by atoms with Crippen molar-refractivity contribution in [3.05, 3.63) is 5.82 Å². The maximum Gasteiger partial charge on any atom is 0.218 e. The van der Waals surface area contributed by atoms with Crippen LogP contribution in [0, 0.1) is 23.7 Å². The van der Waals surface area contributed by atoms with Crippen LogP contribution < -0.4 is 5.73 Å². The quantitative estimate of drug-likeness (QED) is 0.872. The third-order valence-electron chi connectivity index (χ3n) is 5.48. The average Bonchev–Trinajstić information content (AvgIpc) is 2.69. The van der Waals surface area contributed by atoms with Crippen molar-refractivity contribution in [1.82, 2.24) is 14.8 Å². The van der Waals surface area contributed by atoms with Gasteiger partial charge in [0.05, 0.1) is 6.04 Å². The number of nitrogen functional groups attached to an aromatic ring is 1. The molecule has 1 aromatic rings. The molecular formula is C14H22N4. The van der Waals surface area contributed by atoms with Gasteiger partial charge in [-0.3, -0.25) is 0 Å². The van der Waals surface area contributed by atoms with Crippen LogP contribution in [0.5, 0.6) is 0 Å². The zero-order chi connectivity index (χ0) is 12.3. The largest absolute Gasteiger partial charge is 0.368 e. The predicted octanol–water partition coefficient (Wildman–Crippen LogP) is 2.42. The molecule has 1 heterocycles. The van der Waals surface area contributed by atoms with Crippen LogP contribution in [0.25, 0.3) is 0 Å². The van der Waals surface area contributed by atoms with Crippen molar-refractivity contribution >= 4 is 5.95 Å². The van der Waals surface area contributed by atoms with Crippen molar-refractivity contribution in [2.75, 3.05) is 5.73 Å². The second-order valence-corrected chi connectivity index (χ2v) is 6.61. The summed E-state index contributed by atoms with van der Waals surface area (Å²) in [5.74, 6) is 5.17. The molecule has 0 aliphatic heterocycles. The maximum atomic E-state index is 6.09. The van der Waals surface area contributed by atoms with Gasteiger partial charge in [-0.05, 0) is 55.8 Å². The predicted molar refractivity (Wildman–Crippen MR) is 69.9 cm³/mol. The molecule has 4 aliphatic carbocycles. The minimum absolute atomic E-state index is 0.547. The molecule has 0 atom stereocenters. The summed E-state index contributed by atoms with van der Waals surface area (Å²) in [6.45, 7) is 2.09. The fourth-order valence-corrected chi connectivity index (χ4v) is 5.05. The van der Waals surface area contributed by atoms with Gasteiger partial charge in [0, 0.05) is 6.42 Å². The van der Waals surface area contributed by atoms with Crippen LogP contribution in [0.2, 0.25) is 0 Å². The van der Waals surface area contributed by atoms with E-state index in [1.165, 1.54) is 32.1 Å². The van der Waals surface area contributed by atoms with E-state index >= 15 is 0 Å². The third-order valence-corrected chi connectivity index (χ3v) is 5.48. The smallest absolute Gasteiger partial charge is 0.218 e. The highest BCUT2D eigenvalue weighted by atomic mass is 15.4. The molecule has 0 aromatic carbocycles. The van der Waals surface area contributed by atoms with Crippen molar-refractivity contribution in [3.63, 3.8) is 0 Å². The lowest BCUT2D eigenvalue weighted by Gasteiger charge is -2.54. The number of aromatic nitrogens is 3. The Morgan fingerprint density at radius 3 is 2.22 bits per heavy atom. The van der Waals surface area contributed by atoms with Gasteiger partial charge in [0.2, 0.25) is 5.95 Å². The first-order valence-corrected chi connectivity index (χ1v) is 7.45. The summed E-state index contributed by atoms with van der Waals surface area (Å²) in [5.41, 5.74) is 6.09. The summed E-state index contributed by atoms with van der Waals surface area (Å²) in [6, 6.07) is 0.547. The molecule has 0 radical (unpaired) electrons. The Balaban J connectivity index is 1.69. The molecular weight excluding hydrogens is 224 g/mol. The van der Waals surface area contributed by atoms with Gasteiger partial charge >= 0.3 is 0 Å². The molecule has 4 saturated carbocycles. The van der Waals surface area contributed by atoms with Crippen LogP contribution in [0.3, 0.4) is 0 Å². The highest BCUT2D eigenvalue weighted by Crippen LogP contribution is 2.58. The minimum Gasteiger partial charge on any atom is -0.368 e. The van der Waals surface area contributed by atoms with Crippen molar-refractivity contribution in [2.45, 2.75) is 51.5 Å². The average molecular weight is 246 g/mol. The molecule has 0 unspecified atom stereocenters. The molecule has 0 saturated heterocycles. The maximum absolute atomic E-state index is 6.09. The summed E-state index contributed by atoms with van der Waals surface area (Å²) in [6.07, 6.45) is 7.98. The van der Waals surface area contributed by atoms with Gasteiger partial charge in [0.1, 0.15) is 0 Å². The van der Waals surface area contributed by atoms with E-state index in [1.807, 2.05) is 0 Å². The van der Waals surface area contributed by atoms with Gasteiger partial charge in [0.15, 0.2) is 5.82 Å². The second kappa shape index (κ2) is 3.72. The Hall–Kier alpha value is -1.06. The van der Waals surface area contributed by atoms with E-state index in [4.69, 9.17) is 5.73 Å². The van der Waals surface area contributed by atoms with E-state index in [9.17, 15) is 0 Å². The van der Waals surface area contributed by atoms with Crippen molar-refractivity contribution in [2.24, 2.45) is 23.7 Å². The number of hydrogen-bond acceptors (Lipinski definition) is 3. The number of nitrogens with two attached hydrogens (primary N) is 1. The molecule has 5 rings (SSSR count).